The van der Waals surface area contributed by atoms with Gasteiger partial charge in [-0.25, -0.2) is 4.18 Å². The van der Waals surface area contributed by atoms with Crippen LogP contribution in [0.5, 0.6) is 0 Å². The Bertz CT molecular complexity index is 607. The van der Waals surface area contributed by atoms with E-state index < -0.39 is 20.8 Å². The fraction of sp³-hybridized carbons (Fsp3) is 1.00. The first kappa shape index (κ1) is 48.4. The molecule has 12 heteroatoms. The van der Waals surface area contributed by atoms with Gasteiger partial charge in [0.25, 0.3) is 0 Å². The summed E-state index contributed by atoms with van der Waals surface area (Å²) in [5.74, 6) is 0. The minimum absolute atomic E-state index is 0. The first-order valence-electron chi connectivity index (χ1n) is 14.3. The van der Waals surface area contributed by atoms with E-state index in [2.05, 4.69) is 25.0 Å². The third kappa shape index (κ3) is 70.8. The molecule has 6 N–H and O–H groups in total. The third-order valence-electron chi connectivity index (χ3n) is 5.69. The van der Waals surface area contributed by atoms with E-state index >= 15 is 0 Å². The summed E-state index contributed by atoms with van der Waals surface area (Å²) in [6, 6.07) is 0. The molecule has 0 saturated carbocycles. The van der Waals surface area contributed by atoms with E-state index in [0.717, 1.165) is 12.8 Å². The van der Waals surface area contributed by atoms with Crippen LogP contribution in [0.15, 0.2) is 0 Å². The zero-order valence-electron chi connectivity index (χ0n) is 26.2. The molecule has 0 radical (unpaired) electrons. The second-order valence-corrected chi connectivity index (χ2v) is 11.4. The molecular weight excluding hydrogens is 541 g/mol. The molecule has 0 aliphatic rings. The van der Waals surface area contributed by atoms with Gasteiger partial charge in [-0.3, -0.25) is 13.7 Å². The van der Waals surface area contributed by atoms with Gasteiger partial charge in [0, 0.05) is 0 Å². The van der Waals surface area contributed by atoms with Crippen LogP contribution in [0, 0.1) is 0 Å². The van der Waals surface area contributed by atoms with Gasteiger partial charge in [-0.15, -0.1) is 0 Å². The Morgan fingerprint density at radius 1 is 0.474 bits per heavy atom. The summed E-state index contributed by atoms with van der Waals surface area (Å²) in [6.07, 6.45) is 29.3. The fourth-order valence-electron chi connectivity index (χ4n) is 3.67. The Morgan fingerprint density at radius 2 is 0.658 bits per heavy atom. The summed E-state index contributed by atoms with van der Waals surface area (Å²) in [6.45, 7) is 6.88. The minimum Gasteiger partial charge on any atom is -1.00 e. The summed E-state index contributed by atoms with van der Waals surface area (Å²) in [4.78, 5) is 0. The van der Waals surface area contributed by atoms with Gasteiger partial charge >= 0.3 is 50.4 Å². The van der Waals surface area contributed by atoms with Crippen molar-refractivity contribution in [2.75, 3.05) is 6.61 Å². The zero-order valence-corrected chi connectivity index (χ0v) is 28.8. The average molecular weight is 604 g/mol. The first-order chi connectivity index (χ1) is 17.0. The predicted octanol–water partition coefficient (Wildman–Crippen LogP) is 6.06. The molecule has 0 aromatic rings. The van der Waals surface area contributed by atoms with Crippen molar-refractivity contribution in [1.29, 1.82) is 0 Å². The Morgan fingerprint density at radius 3 is 0.842 bits per heavy atom. The quantitative estimate of drug-likeness (QED) is 0.0615. The molecule has 0 aliphatic carbocycles. The van der Waals surface area contributed by atoms with E-state index in [1.165, 1.54) is 122 Å². The Balaban J connectivity index is -0.000000113. The van der Waals surface area contributed by atoms with Gasteiger partial charge in [0.05, 0.1) is 6.61 Å². The molecule has 0 bridgehead atoms. The molecule has 0 amide bonds. The van der Waals surface area contributed by atoms with Crippen LogP contribution in [0.25, 0.3) is 0 Å². The van der Waals surface area contributed by atoms with Crippen LogP contribution in [0.3, 0.4) is 0 Å². The Labute approximate surface area is 259 Å². The van der Waals surface area contributed by atoms with Crippen molar-refractivity contribution in [3.63, 3.8) is 0 Å². The van der Waals surface area contributed by atoms with Crippen molar-refractivity contribution >= 4 is 20.8 Å². The van der Waals surface area contributed by atoms with Crippen molar-refractivity contribution in [3.8, 4) is 0 Å². The van der Waals surface area contributed by atoms with Gasteiger partial charge in [0.15, 0.2) is 0 Å². The molecular formula is C26H62NNaO8S2. The molecule has 0 rings (SSSR count). The predicted molar refractivity (Wildman–Crippen MR) is 156 cm³/mol. The van der Waals surface area contributed by atoms with Gasteiger partial charge in [0.2, 0.25) is 0 Å². The molecule has 0 unspecified atom stereocenters. The van der Waals surface area contributed by atoms with Crippen LogP contribution < -0.4 is 35.7 Å². The first-order valence-corrected chi connectivity index (χ1v) is 17.1. The number of rotatable bonds is 23. The van der Waals surface area contributed by atoms with E-state index in [-0.39, 0.29) is 43.7 Å². The largest absolute Gasteiger partial charge is 1.00 e. The SMILES string of the molecule is CCCCCCCCCCCCCC.CCCCCCCCCCCCOS(=O)(=O)O.N.O=S(=O)(O)O.[H-].[Na+]. The van der Waals surface area contributed by atoms with E-state index in [1.54, 1.807) is 0 Å². The molecule has 0 aromatic carbocycles. The Kier molecular flexibility index (Phi) is 48.0. The summed E-state index contributed by atoms with van der Waals surface area (Å²) in [5.41, 5.74) is 0. The van der Waals surface area contributed by atoms with Gasteiger partial charge < -0.3 is 7.58 Å². The van der Waals surface area contributed by atoms with E-state index in [1.807, 2.05) is 0 Å². The van der Waals surface area contributed by atoms with E-state index in [9.17, 15) is 8.42 Å². The van der Waals surface area contributed by atoms with Crippen LogP contribution in [-0.4, -0.2) is 37.1 Å². The van der Waals surface area contributed by atoms with Gasteiger partial charge in [-0.05, 0) is 6.42 Å². The smallest absolute Gasteiger partial charge is 1.00 e. The molecule has 0 fully saturated rings. The fourth-order valence-corrected chi connectivity index (χ4v) is 4.00. The van der Waals surface area contributed by atoms with Crippen molar-refractivity contribution in [2.45, 2.75) is 162 Å². The summed E-state index contributed by atoms with van der Waals surface area (Å²) >= 11 is 0. The van der Waals surface area contributed by atoms with Crippen LogP contribution >= 0.6 is 0 Å². The summed E-state index contributed by atoms with van der Waals surface area (Å²) in [7, 11) is -8.90. The van der Waals surface area contributed by atoms with E-state index in [4.69, 9.17) is 22.1 Å². The van der Waals surface area contributed by atoms with Gasteiger partial charge in [0.1, 0.15) is 0 Å². The minimum atomic E-state index is -4.67. The summed E-state index contributed by atoms with van der Waals surface area (Å²) < 4.78 is 64.6. The summed E-state index contributed by atoms with van der Waals surface area (Å²) in [5, 5.41) is 0. The second-order valence-electron chi connectivity index (χ2n) is 9.42. The molecule has 0 aliphatic heterocycles. The molecule has 38 heavy (non-hydrogen) atoms. The molecule has 9 nitrogen and oxygen atoms in total. The molecule has 0 atom stereocenters. The normalized spacial score (nSPS) is 10.8. The standard InChI is InChI=1S/C14H30.C12H26O4S.H3N.Na.H2O4S.H/c1-3-5-7-9-11-13-14-12-10-8-6-4-2;1-2-3-4-5-6-7-8-9-10-11-12-16-17(13,14)15;;;1-5(2,3)4;/h3-14H2,1-2H3;2-12H2,1H3,(H,13,14,15);1H3;;(H2,1,2,3,4);/q;;;+1;;-1. The average Bonchev–Trinajstić information content (AvgIpc) is 2.77. The Hall–Kier alpha value is 0.700. The van der Waals surface area contributed by atoms with Crippen LogP contribution in [0.2, 0.25) is 0 Å². The maximum Gasteiger partial charge on any atom is 1.00 e. The van der Waals surface area contributed by atoms with Gasteiger partial charge in [-0.1, -0.05) is 156 Å². The zero-order chi connectivity index (χ0) is 28.0. The van der Waals surface area contributed by atoms with Crippen molar-refractivity contribution in [3.05, 3.63) is 0 Å². The molecule has 0 spiro atoms. The topological polar surface area (TPSA) is 173 Å². The molecule has 0 saturated heterocycles. The van der Waals surface area contributed by atoms with Crippen LogP contribution in [-0.2, 0) is 25.0 Å². The maximum absolute atomic E-state index is 10.2. The second kappa shape index (κ2) is 37.7. The molecule has 0 heterocycles. The molecule has 0 aromatic heterocycles. The third-order valence-corrected chi connectivity index (χ3v) is 6.15. The van der Waals surface area contributed by atoms with Crippen molar-refractivity contribution < 1.29 is 65.7 Å². The monoisotopic (exact) mass is 603 g/mol. The van der Waals surface area contributed by atoms with Crippen molar-refractivity contribution in [2.24, 2.45) is 0 Å². The van der Waals surface area contributed by atoms with Gasteiger partial charge in [-0.2, -0.15) is 16.8 Å². The maximum atomic E-state index is 10.2. The number of unbranched alkanes of at least 4 members (excludes halogenated alkanes) is 20. The van der Waals surface area contributed by atoms with E-state index in [0.29, 0.717) is 6.42 Å². The van der Waals surface area contributed by atoms with Crippen LogP contribution in [0.1, 0.15) is 163 Å². The number of hydrogen-bond donors (Lipinski definition) is 4. The van der Waals surface area contributed by atoms with Crippen LogP contribution in [0.4, 0.5) is 0 Å². The van der Waals surface area contributed by atoms with Crippen molar-refractivity contribution in [1.82, 2.24) is 6.15 Å². The number of hydrogen-bond acceptors (Lipinski definition) is 6. The molecule has 232 valence electrons.